The molecular formula is C21H32N2O2. The lowest BCUT2D eigenvalue weighted by Crippen LogP contribution is -2.52. The lowest BCUT2D eigenvalue weighted by molar-refractivity contribution is 0.119. The number of likely N-dealkylation sites (tertiary alicyclic amines) is 1. The average Bonchev–Trinajstić information content (AvgIpc) is 3.09. The minimum absolute atomic E-state index is 0.630. The Hall–Kier alpha value is -1.10. The highest BCUT2D eigenvalue weighted by Gasteiger charge is 2.45. The summed E-state index contributed by atoms with van der Waals surface area (Å²) in [6, 6.07) is 9.42. The van der Waals surface area contributed by atoms with Crippen LogP contribution < -0.4 is 10.1 Å². The van der Waals surface area contributed by atoms with E-state index in [1.54, 1.807) is 7.11 Å². The molecule has 4 heteroatoms. The summed E-state index contributed by atoms with van der Waals surface area (Å²) in [6.45, 7) is 6.27. The van der Waals surface area contributed by atoms with Crippen molar-refractivity contribution in [1.29, 1.82) is 0 Å². The SMILES string of the molecule is COCCOc1ccccc1C1CCN(C2CCC3(CNC3)C2)CC1. The van der Waals surface area contributed by atoms with Crippen LogP contribution in [0.2, 0.25) is 0 Å². The second kappa shape index (κ2) is 7.65. The molecule has 25 heavy (non-hydrogen) atoms. The minimum atomic E-state index is 0.630. The third kappa shape index (κ3) is 3.71. The summed E-state index contributed by atoms with van der Waals surface area (Å²) < 4.78 is 11.1. The van der Waals surface area contributed by atoms with E-state index in [-0.39, 0.29) is 0 Å². The molecule has 1 spiro atoms. The van der Waals surface area contributed by atoms with Crippen molar-refractivity contribution < 1.29 is 9.47 Å². The lowest BCUT2D eigenvalue weighted by atomic mass is 9.80. The number of hydrogen-bond acceptors (Lipinski definition) is 4. The highest BCUT2D eigenvalue weighted by Crippen LogP contribution is 2.44. The van der Waals surface area contributed by atoms with Crippen molar-refractivity contribution in [1.82, 2.24) is 10.2 Å². The fraction of sp³-hybridized carbons (Fsp3) is 0.714. The van der Waals surface area contributed by atoms with E-state index in [1.807, 2.05) is 0 Å². The number of ether oxygens (including phenoxy) is 2. The van der Waals surface area contributed by atoms with Gasteiger partial charge in [0.25, 0.3) is 0 Å². The predicted octanol–water partition coefficient (Wildman–Crippen LogP) is 3.03. The van der Waals surface area contributed by atoms with Gasteiger partial charge in [0.15, 0.2) is 0 Å². The molecule has 1 N–H and O–H groups in total. The van der Waals surface area contributed by atoms with Gasteiger partial charge in [0.1, 0.15) is 12.4 Å². The van der Waals surface area contributed by atoms with Crippen LogP contribution in [0.5, 0.6) is 5.75 Å². The Labute approximate surface area is 151 Å². The number of hydrogen-bond donors (Lipinski definition) is 1. The number of nitrogens with one attached hydrogen (secondary N) is 1. The highest BCUT2D eigenvalue weighted by molar-refractivity contribution is 5.36. The lowest BCUT2D eigenvalue weighted by Gasteiger charge is -2.41. The Balaban J connectivity index is 1.33. The van der Waals surface area contributed by atoms with Gasteiger partial charge in [-0.25, -0.2) is 0 Å². The minimum Gasteiger partial charge on any atom is -0.491 e. The topological polar surface area (TPSA) is 33.7 Å². The van der Waals surface area contributed by atoms with E-state index in [0.717, 1.165) is 11.8 Å². The normalized spacial score (nSPS) is 26.7. The standard InChI is InChI=1S/C21H32N2O2/c1-24-12-13-25-20-5-3-2-4-19(20)17-7-10-23(11-8-17)18-6-9-21(14-18)15-22-16-21/h2-5,17-18,22H,6-16H2,1H3. The maximum absolute atomic E-state index is 5.96. The van der Waals surface area contributed by atoms with Crippen LogP contribution in [0.3, 0.4) is 0 Å². The molecule has 4 nitrogen and oxygen atoms in total. The first-order valence-electron chi connectivity index (χ1n) is 9.95. The van der Waals surface area contributed by atoms with Gasteiger partial charge in [-0.15, -0.1) is 0 Å². The van der Waals surface area contributed by atoms with Crippen LogP contribution in [0.1, 0.15) is 43.6 Å². The quantitative estimate of drug-likeness (QED) is 0.805. The highest BCUT2D eigenvalue weighted by atomic mass is 16.5. The molecule has 2 heterocycles. The van der Waals surface area contributed by atoms with Crippen LogP contribution in [0.25, 0.3) is 0 Å². The largest absolute Gasteiger partial charge is 0.491 e. The van der Waals surface area contributed by atoms with Crippen LogP contribution >= 0.6 is 0 Å². The molecule has 2 aliphatic heterocycles. The summed E-state index contributed by atoms with van der Waals surface area (Å²) in [7, 11) is 1.72. The second-order valence-corrected chi connectivity index (χ2v) is 8.19. The smallest absolute Gasteiger partial charge is 0.122 e. The van der Waals surface area contributed by atoms with Gasteiger partial charge < -0.3 is 19.7 Å². The zero-order chi connectivity index (χ0) is 17.1. The number of benzene rings is 1. The monoisotopic (exact) mass is 344 g/mol. The van der Waals surface area contributed by atoms with E-state index in [1.165, 1.54) is 63.8 Å². The van der Waals surface area contributed by atoms with Gasteiger partial charge in [-0.2, -0.15) is 0 Å². The molecule has 0 amide bonds. The molecule has 1 aromatic rings. The first-order chi connectivity index (χ1) is 12.3. The van der Waals surface area contributed by atoms with Crippen molar-refractivity contribution in [3.8, 4) is 5.75 Å². The summed E-state index contributed by atoms with van der Waals surface area (Å²) in [5.74, 6) is 1.69. The summed E-state index contributed by atoms with van der Waals surface area (Å²) in [5, 5.41) is 3.48. The van der Waals surface area contributed by atoms with Crippen LogP contribution in [-0.2, 0) is 4.74 Å². The summed E-state index contributed by atoms with van der Waals surface area (Å²) >= 11 is 0. The molecule has 0 aromatic heterocycles. The van der Waals surface area contributed by atoms with Gasteiger partial charge in [-0.05, 0) is 68.2 Å². The maximum atomic E-state index is 5.96. The molecule has 1 aromatic carbocycles. The van der Waals surface area contributed by atoms with E-state index < -0.39 is 0 Å². The van der Waals surface area contributed by atoms with Crippen molar-refractivity contribution >= 4 is 0 Å². The number of para-hydroxylation sites is 1. The molecule has 1 unspecified atom stereocenters. The Kier molecular flexibility index (Phi) is 5.30. The van der Waals surface area contributed by atoms with E-state index in [4.69, 9.17) is 9.47 Å². The summed E-state index contributed by atoms with van der Waals surface area (Å²) in [6.07, 6.45) is 6.77. The molecule has 0 bridgehead atoms. The van der Waals surface area contributed by atoms with E-state index in [9.17, 15) is 0 Å². The van der Waals surface area contributed by atoms with Crippen LogP contribution in [0.4, 0.5) is 0 Å². The van der Waals surface area contributed by atoms with E-state index in [2.05, 4.69) is 34.5 Å². The Morgan fingerprint density at radius 2 is 1.92 bits per heavy atom. The number of nitrogens with zero attached hydrogens (tertiary/aromatic N) is 1. The van der Waals surface area contributed by atoms with Crippen molar-refractivity contribution in [3.05, 3.63) is 29.8 Å². The van der Waals surface area contributed by atoms with Crippen LogP contribution in [-0.4, -0.2) is 57.4 Å². The molecular weight excluding hydrogens is 312 g/mol. The number of piperidine rings is 1. The third-order valence-corrected chi connectivity index (χ3v) is 6.63. The van der Waals surface area contributed by atoms with Gasteiger partial charge in [0, 0.05) is 26.2 Å². The van der Waals surface area contributed by atoms with Crippen molar-refractivity contribution in [2.45, 2.75) is 44.1 Å². The van der Waals surface area contributed by atoms with E-state index >= 15 is 0 Å². The van der Waals surface area contributed by atoms with Gasteiger partial charge in [0.05, 0.1) is 6.61 Å². The molecule has 2 saturated heterocycles. The maximum Gasteiger partial charge on any atom is 0.122 e. The first kappa shape index (κ1) is 17.3. The van der Waals surface area contributed by atoms with E-state index in [0.29, 0.717) is 24.5 Å². The van der Waals surface area contributed by atoms with Gasteiger partial charge in [0.2, 0.25) is 0 Å². The molecule has 3 fully saturated rings. The second-order valence-electron chi connectivity index (χ2n) is 8.19. The molecule has 4 rings (SSSR count). The third-order valence-electron chi connectivity index (χ3n) is 6.63. The predicted molar refractivity (Wildman–Crippen MR) is 100 cm³/mol. The Morgan fingerprint density at radius 1 is 1.12 bits per heavy atom. The molecule has 1 aliphatic carbocycles. The first-order valence-corrected chi connectivity index (χ1v) is 9.95. The van der Waals surface area contributed by atoms with Crippen molar-refractivity contribution in [3.63, 3.8) is 0 Å². The van der Waals surface area contributed by atoms with Gasteiger partial charge >= 0.3 is 0 Å². The molecule has 1 saturated carbocycles. The van der Waals surface area contributed by atoms with Crippen molar-refractivity contribution in [2.75, 3.05) is 46.5 Å². The Morgan fingerprint density at radius 3 is 2.60 bits per heavy atom. The summed E-state index contributed by atoms with van der Waals surface area (Å²) in [4.78, 5) is 2.78. The summed E-state index contributed by atoms with van der Waals surface area (Å²) in [5.41, 5.74) is 2.05. The zero-order valence-corrected chi connectivity index (χ0v) is 15.5. The fourth-order valence-corrected chi connectivity index (χ4v) is 5.05. The number of methoxy groups -OCH3 is 1. The van der Waals surface area contributed by atoms with Gasteiger partial charge in [-0.3, -0.25) is 0 Å². The van der Waals surface area contributed by atoms with Crippen LogP contribution in [0.15, 0.2) is 24.3 Å². The zero-order valence-electron chi connectivity index (χ0n) is 15.5. The average molecular weight is 344 g/mol. The number of rotatable bonds is 6. The van der Waals surface area contributed by atoms with Crippen molar-refractivity contribution in [2.24, 2.45) is 5.41 Å². The van der Waals surface area contributed by atoms with Crippen LogP contribution in [0, 0.1) is 5.41 Å². The Bertz CT molecular complexity index is 565. The fourth-order valence-electron chi connectivity index (χ4n) is 5.05. The van der Waals surface area contributed by atoms with Gasteiger partial charge in [-0.1, -0.05) is 18.2 Å². The molecule has 0 radical (unpaired) electrons. The molecule has 138 valence electrons. The molecule has 3 aliphatic rings. The molecule has 1 atom stereocenters.